The van der Waals surface area contributed by atoms with Crippen molar-refractivity contribution < 1.29 is 5.11 Å². The molecule has 4 aromatic rings. The molecule has 132 valence electrons. The number of aromatic nitrogens is 2. The van der Waals surface area contributed by atoms with Crippen molar-refractivity contribution in [1.82, 2.24) is 9.55 Å². The quantitative estimate of drug-likeness (QED) is 0.415. The fraction of sp³-hybridized carbons (Fsp3) is 0.250. The van der Waals surface area contributed by atoms with Crippen molar-refractivity contribution >= 4 is 43.3 Å². The molecule has 0 amide bonds. The predicted molar refractivity (Wildman–Crippen MR) is 107 cm³/mol. The highest BCUT2D eigenvalue weighted by Gasteiger charge is 2.16. The molecule has 1 N–H and O–H groups in total. The lowest BCUT2D eigenvalue weighted by molar-refractivity contribution is 0.407. The van der Waals surface area contributed by atoms with Crippen molar-refractivity contribution in [2.24, 2.45) is 16.1 Å². The number of hydrogen-bond donors (Lipinski definition) is 1. The molecular weight excluding hydrogens is 344 g/mol. The molecule has 0 saturated heterocycles. The van der Waals surface area contributed by atoms with Crippen molar-refractivity contribution in [3.05, 3.63) is 48.5 Å². The summed E-state index contributed by atoms with van der Waals surface area (Å²) in [6.45, 7) is 5.10. The van der Waals surface area contributed by atoms with E-state index in [1.807, 2.05) is 53.1 Å². The van der Waals surface area contributed by atoms with Gasteiger partial charge in [-0.05, 0) is 30.5 Å². The van der Waals surface area contributed by atoms with E-state index in [2.05, 4.69) is 29.1 Å². The van der Waals surface area contributed by atoms with Gasteiger partial charge in [0, 0.05) is 11.9 Å². The Hall–Kier alpha value is -2.73. The number of fused-ring (bicyclic) bond motifs is 2. The molecule has 4 rings (SSSR count). The molecule has 0 saturated carbocycles. The highest BCUT2D eigenvalue weighted by Crippen LogP contribution is 2.40. The molecule has 0 atom stereocenters. The van der Waals surface area contributed by atoms with E-state index >= 15 is 0 Å². The second kappa shape index (κ2) is 6.88. The molecule has 2 aromatic heterocycles. The number of nitrogens with zero attached hydrogens (tertiary/aromatic N) is 4. The SMILES string of the molecule is CC(C)CCn1c(O)c(N=Nc2nc3ccccc3s2)c2ccccc21. The summed E-state index contributed by atoms with van der Waals surface area (Å²) in [6, 6.07) is 15.8. The average Bonchev–Trinajstić information content (AvgIpc) is 3.16. The molecule has 0 aliphatic rings. The zero-order valence-corrected chi connectivity index (χ0v) is 15.6. The van der Waals surface area contributed by atoms with Crippen LogP contribution in [0.3, 0.4) is 0 Å². The second-order valence-electron chi connectivity index (χ2n) is 6.69. The molecular formula is C20H20N4OS. The van der Waals surface area contributed by atoms with Gasteiger partial charge in [0.15, 0.2) is 5.69 Å². The molecule has 0 unspecified atom stereocenters. The van der Waals surface area contributed by atoms with Crippen LogP contribution in [0.5, 0.6) is 5.88 Å². The van der Waals surface area contributed by atoms with Gasteiger partial charge in [-0.25, -0.2) is 4.98 Å². The number of para-hydroxylation sites is 2. The summed E-state index contributed by atoms with van der Waals surface area (Å²) < 4.78 is 2.99. The van der Waals surface area contributed by atoms with Crippen molar-refractivity contribution in [3.63, 3.8) is 0 Å². The summed E-state index contributed by atoms with van der Waals surface area (Å²) in [5.41, 5.74) is 2.39. The van der Waals surface area contributed by atoms with E-state index in [0.29, 0.717) is 16.7 Å². The zero-order valence-electron chi connectivity index (χ0n) is 14.8. The Morgan fingerprint density at radius 2 is 1.85 bits per heavy atom. The van der Waals surface area contributed by atoms with Gasteiger partial charge in [0.1, 0.15) is 0 Å². The van der Waals surface area contributed by atoms with Gasteiger partial charge >= 0.3 is 0 Å². The Balaban J connectivity index is 1.74. The minimum absolute atomic E-state index is 0.164. The van der Waals surface area contributed by atoms with E-state index in [4.69, 9.17) is 0 Å². The lowest BCUT2D eigenvalue weighted by atomic mass is 10.1. The number of benzene rings is 2. The van der Waals surface area contributed by atoms with Crippen molar-refractivity contribution in [2.45, 2.75) is 26.8 Å². The van der Waals surface area contributed by atoms with Gasteiger partial charge in [-0.3, -0.25) is 0 Å². The Morgan fingerprint density at radius 1 is 1.08 bits per heavy atom. The molecule has 0 aliphatic heterocycles. The van der Waals surface area contributed by atoms with Crippen LogP contribution < -0.4 is 0 Å². The van der Waals surface area contributed by atoms with Gasteiger partial charge in [0.05, 0.1) is 15.7 Å². The van der Waals surface area contributed by atoms with Crippen molar-refractivity contribution in [3.8, 4) is 5.88 Å². The monoisotopic (exact) mass is 364 g/mol. The van der Waals surface area contributed by atoms with Crippen LogP contribution in [0.4, 0.5) is 10.8 Å². The smallest absolute Gasteiger partial charge is 0.231 e. The Labute approximate surface area is 155 Å². The summed E-state index contributed by atoms with van der Waals surface area (Å²) in [6.07, 6.45) is 0.987. The van der Waals surface area contributed by atoms with E-state index in [-0.39, 0.29) is 5.88 Å². The van der Waals surface area contributed by atoms with Crippen LogP contribution in [0, 0.1) is 5.92 Å². The number of azo groups is 1. The number of rotatable bonds is 5. The largest absolute Gasteiger partial charge is 0.493 e. The maximum Gasteiger partial charge on any atom is 0.231 e. The third-order valence-electron chi connectivity index (χ3n) is 4.37. The van der Waals surface area contributed by atoms with Crippen LogP contribution in [-0.2, 0) is 6.54 Å². The first-order valence-corrected chi connectivity index (χ1v) is 9.52. The normalized spacial score (nSPS) is 12.1. The summed E-state index contributed by atoms with van der Waals surface area (Å²) in [4.78, 5) is 4.47. The molecule has 2 heterocycles. The van der Waals surface area contributed by atoms with Crippen LogP contribution in [0.25, 0.3) is 21.1 Å². The van der Waals surface area contributed by atoms with Gasteiger partial charge < -0.3 is 9.67 Å². The van der Waals surface area contributed by atoms with Crippen LogP contribution in [0.2, 0.25) is 0 Å². The van der Waals surface area contributed by atoms with Crippen molar-refractivity contribution in [1.29, 1.82) is 0 Å². The number of thiazole rings is 1. The minimum Gasteiger partial charge on any atom is -0.493 e. The van der Waals surface area contributed by atoms with Gasteiger partial charge in [-0.2, -0.15) is 0 Å². The van der Waals surface area contributed by atoms with E-state index < -0.39 is 0 Å². The third-order valence-corrected chi connectivity index (χ3v) is 5.29. The molecule has 26 heavy (non-hydrogen) atoms. The van der Waals surface area contributed by atoms with E-state index in [9.17, 15) is 5.11 Å². The van der Waals surface area contributed by atoms with Crippen LogP contribution in [0.15, 0.2) is 58.8 Å². The van der Waals surface area contributed by atoms with Crippen molar-refractivity contribution in [2.75, 3.05) is 0 Å². The van der Waals surface area contributed by atoms with Gasteiger partial charge in [-0.1, -0.05) is 55.5 Å². The summed E-state index contributed by atoms with van der Waals surface area (Å²) >= 11 is 1.49. The Morgan fingerprint density at radius 3 is 2.65 bits per heavy atom. The molecule has 6 heteroatoms. The standard InChI is InChI=1S/C20H20N4OS/c1-13(2)11-12-24-16-9-5-3-7-14(16)18(19(24)25)22-23-20-21-15-8-4-6-10-17(15)26-20/h3-10,13,25H,11-12H2,1-2H3. The first-order valence-electron chi connectivity index (χ1n) is 8.71. The zero-order chi connectivity index (χ0) is 18.1. The number of aromatic hydroxyl groups is 1. The van der Waals surface area contributed by atoms with Crippen LogP contribution >= 0.6 is 11.3 Å². The first-order chi connectivity index (χ1) is 12.6. The Kier molecular flexibility index (Phi) is 4.42. The molecule has 0 aliphatic carbocycles. The topological polar surface area (TPSA) is 62.8 Å². The van der Waals surface area contributed by atoms with Crippen LogP contribution in [-0.4, -0.2) is 14.7 Å². The van der Waals surface area contributed by atoms with Gasteiger partial charge in [0.25, 0.3) is 0 Å². The second-order valence-corrected chi connectivity index (χ2v) is 7.70. The average molecular weight is 364 g/mol. The molecule has 2 aromatic carbocycles. The lowest BCUT2D eigenvalue weighted by Gasteiger charge is -2.08. The fourth-order valence-electron chi connectivity index (χ4n) is 2.98. The third kappa shape index (κ3) is 3.08. The molecule has 5 nitrogen and oxygen atoms in total. The van der Waals surface area contributed by atoms with E-state index in [1.54, 1.807) is 0 Å². The molecule has 0 spiro atoms. The number of hydrogen-bond acceptors (Lipinski definition) is 5. The number of aryl methyl sites for hydroxylation is 1. The highest BCUT2D eigenvalue weighted by atomic mass is 32.1. The first kappa shape index (κ1) is 16.7. The maximum atomic E-state index is 10.7. The van der Waals surface area contributed by atoms with Gasteiger partial charge in [-0.15, -0.1) is 10.2 Å². The minimum atomic E-state index is 0.164. The Bertz CT molecular complexity index is 1060. The fourth-order valence-corrected chi connectivity index (χ4v) is 3.77. The summed E-state index contributed by atoms with van der Waals surface area (Å²) in [7, 11) is 0. The summed E-state index contributed by atoms with van der Waals surface area (Å²) in [5, 5.41) is 20.9. The molecule has 0 bridgehead atoms. The van der Waals surface area contributed by atoms with Gasteiger partial charge in [0.2, 0.25) is 11.0 Å². The predicted octanol–water partition coefficient (Wildman–Crippen LogP) is 6.42. The maximum absolute atomic E-state index is 10.7. The van der Waals surface area contributed by atoms with E-state index in [1.165, 1.54) is 11.3 Å². The highest BCUT2D eigenvalue weighted by molar-refractivity contribution is 7.21. The lowest BCUT2D eigenvalue weighted by Crippen LogP contribution is -2.00. The summed E-state index contributed by atoms with van der Waals surface area (Å²) in [5.74, 6) is 0.722. The molecule has 0 fully saturated rings. The van der Waals surface area contributed by atoms with E-state index in [0.717, 1.165) is 34.1 Å². The molecule has 0 radical (unpaired) electrons. The van der Waals surface area contributed by atoms with Crippen LogP contribution in [0.1, 0.15) is 20.3 Å².